The molecule has 4 aromatic rings. The molecule has 528 valence electrons. The molecule has 0 radical (unpaired) electrons. The van der Waals surface area contributed by atoms with Crippen LogP contribution in [0.25, 0.3) is 0 Å². The molecule has 0 aliphatic carbocycles. The van der Waals surface area contributed by atoms with Crippen LogP contribution in [0.15, 0.2) is 148 Å². The zero-order valence-electron chi connectivity index (χ0n) is 56.2. The molecule has 0 aromatic heterocycles. The van der Waals surface area contributed by atoms with Gasteiger partial charge in [0.05, 0.1) is 59.1 Å². The molecule has 0 heterocycles. The Bertz CT molecular complexity index is 2910. The first-order chi connectivity index (χ1) is 44.9. The van der Waals surface area contributed by atoms with Crippen LogP contribution in [0.1, 0.15) is 133 Å². The molecule has 0 saturated carbocycles. The van der Waals surface area contributed by atoms with Crippen molar-refractivity contribution >= 4 is 47.0 Å². The predicted molar refractivity (Wildman–Crippen MR) is 348 cm³/mol. The highest BCUT2D eigenvalue weighted by atomic mass is 19.4. The number of hydrogen-bond acceptors (Lipinski definition) is 21. The van der Waals surface area contributed by atoms with Gasteiger partial charge >= 0.3 is 30.1 Å². The van der Waals surface area contributed by atoms with Crippen molar-refractivity contribution < 1.29 is 119 Å². The smallest absolute Gasteiger partial charge is 0.490 e. The van der Waals surface area contributed by atoms with E-state index in [0.717, 1.165) is 40.5 Å². The van der Waals surface area contributed by atoms with E-state index in [1.54, 1.807) is 90.1 Å². The number of rotatable bonds is 40. The number of esters is 3. The first kappa shape index (κ1) is 85.6. The highest BCUT2D eigenvalue weighted by Gasteiger charge is 2.38. The van der Waals surface area contributed by atoms with Crippen LogP contribution in [0.2, 0.25) is 0 Å². The maximum absolute atomic E-state index is 13.3. The van der Waals surface area contributed by atoms with Gasteiger partial charge in [0.1, 0.15) is 48.8 Å². The van der Waals surface area contributed by atoms with Crippen LogP contribution >= 0.6 is 0 Å². The van der Waals surface area contributed by atoms with Gasteiger partial charge in [0.25, 0.3) is 0 Å². The van der Waals surface area contributed by atoms with Gasteiger partial charge in [-0.05, 0) is 104 Å². The van der Waals surface area contributed by atoms with E-state index in [1.165, 1.54) is 34.0 Å². The first-order valence-electron chi connectivity index (χ1n) is 30.1. The summed E-state index contributed by atoms with van der Waals surface area (Å²) in [5, 5.41) is 26.7. The third-order valence-electron chi connectivity index (χ3n) is 12.6. The Labute approximate surface area is 558 Å². The first-order valence-corrected chi connectivity index (χ1v) is 30.1. The quantitative estimate of drug-likeness (QED) is 0.00709. The molecular weight excluding hydrogens is 1260 g/mol. The average Bonchev–Trinajstić information content (AvgIpc) is 0.849. The van der Waals surface area contributed by atoms with Crippen molar-refractivity contribution in [1.29, 1.82) is 0 Å². The minimum atomic E-state index is -5.08. The zero-order valence-corrected chi connectivity index (χ0v) is 56.2. The Morgan fingerprint density at radius 3 is 0.875 bits per heavy atom. The number of aliphatic carboxylic acids is 1. The Balaban J connectivity index is 0.000000832. The van der Waals surface area contributed by atoms with Crippen molar-refractivity contribution in [1.82, 2.24) is 0 Å². The van der Waals surface area contributed by atoms with E-state index in [1.807, 2.05) is 48.5 Å². The van der Waals surface area contributed by atoms with E-state index in [-0.39, 0.29) is 82.6 Å². The number of ketones is 4. The van der Waals surface area contributed by atoms with Gasteiger partial charge < -0.3 is 67.4 Å². The highest BCUT2D eigenvalue weighted by Crippen LogP contribution is 2.24. The number of aliphatic hydroxyl groups is 2. The number of benzene rings is 4. The Morgan fingerprint density at radius 2 is 0.646 bits per heavy atom. The maximum Gasteiger partial charge on any atom is 0.490 e. The van der Waals surface area contributed by atoms with Gasteiger partial charge in [0.2, 0.25) is 0 Å². The van der Waals surface area contributed by atoms with Crippen LogP contribution in [0.4, 0.5) is 13.2 Å². The summed E-state index contributed by atoms with van der Waals surface area (Å²) in [7, 11) is 0. The molecule has 4 aromatic carbocycles. The van der Waals surface area contributed by atoms with Gasteiger partial charge in [-0.1, -0.05) is 123 Å². The van der Waals surface area contributed by atoms with Crippen LogP contribution in [-0.4, -0.2) is 183 Å². The lowest BCUT2D eigenvalue weighted by atomic mass is 9.93. The largest absolute Gasteiger partial charge is 0.499 e. The van der Waals surface area contributed by atoms with E-state index in [0.29, 0.717) is 54.9 Å². The Morgan fingerprint density at radius 1 is 0.406 bits per heavy atom. The van der Waals surface area contributed by atoms with E-state index >= 15 is 0 Å². The fraction of sp³-hybridized carbons (Fsp3) is 0.437. The fourth-order valence-corrected chi connectivity index (χ4v) is 7.80. The molecule has 2 atom stereocenters. The maximum atomic E-state index is 13.3. The van der Waals surface area contributed by atoms with Gasteiger partial charge in [-0.2, -0.15) is 13.2 Å². The van der Waals surface area contributed by atoms with Crippen LogP contribution in [0, 0.1) is 0 Å². The number of carbonyl (C=O) groups is 8. The van der Waals surface area contributed by atoms with E-state index in [9.17, 15) is 56.9 Å². The van der Waals surface area contributed by atoms with E-state index < -0.39 is 65.0 Å². The molecule has 0 fully saturated rings. The Hall–Kier alpha value is -8.37. The summed E-state index contributed by atoms with van der Waals surface area (Å²) in [5.74, 6) is -5.20. The number of carboxylic acids is 1. The van der Waals surface area contributed by atoms with Crippen LogP contribution < -0.4 is 0 Å². The van der Waals surface area contributed by atoms with Crippen molar-refractivity contribution in [2.24, 2.45) is 0 Å². The third-order valence-corrected chi connectivity index (χ3v) is 12.6. The molecule has 4 rings (SSSR count). The van der Waals surface area contributed by atoms with E-state index in [2.05, 4.69) is 31.1 Å². The lowest BCUT2D eigenvalue weighted by molar-refractivity contribution is -0.192. The van der Waals surface area contributed by atoms with Crippen LogP contribution in [-0.2, 0) is 84.1 Å². The van der Waals surface area contributed by atoms with E-state index in [4.69, 9.17) is 57.3 Å². The van der Waals surface area contributed by atoms with Gasteiger partial charge in [-0.25, -0.2) is 19.2 Å². The molecule has 0 amide bonds. The molecule has 3 N–H and O–H groups in total. The summed E-state index contributed by atoms with van der Waals surface area (Å²) in [6.45, 7) is 32.6. The van der Waals surface area contributed by atoms with Crippen molar-refractivity contribution in [3.63, 3.8) is 0 Å². The van der Waals surface area contributed by atoms with Crippen molar-refractivity contribution in [3.8, 4) is 0 Å². The number of ether oxygens (including phenoxy) is 11. The SMILES string of the molecule is C=CC(=O)OCCOCCOC(C)OC(C)(C)C(=O)c1ccc(Cc2ccc(C(=O)C(C)(C)OC(C)OCCOCCOC(=O)C=C)cc2)cc1.C=COCCOCCOC(=O)C=C.CC(C)(O)C(=O)c1ccc(Cc2ccc(C(=O)C(C)(C)O)cc2)cc1.O=C(O)C(F)(F)F. The predicted octanol–water partition coefficient (Wildman–Crippen LogP) is 10.2. The normalized spacial score (nSPS) is 12.0. The monoisotopic (exact) mass is 1350 g/mol. The molecule has 2 unspecified atom stereocenters. The topological polar surface area (TPSA) is 299 Å². The fourth-order valence-electron chi connectivity index (χ4n) is 7.80. The second-order valence-electron chi connectivity index (χ2n) is 22.5. The molecule has 0 bridgehead atoms. The third kappa shape index (κ3) is 35.9. The lowest BCUT2D eigenvalue weighted by Gasteiger charge is -2.28. The molecule has 0 saturated heterocycles. The molecular formula is C71H91F3O22. The summed E-state index contributed by atoms with van der Waals surface area (Å²) < 4.78 is 89.6. The number of hydrogen-bond donors (Lipinski definition) is 3. The Kier molecular flexibility index (Phi) is 38.9. The standard InChI is InChI=1S/C39H52O12.C21H24O4.C9H14O4.C2HF3O2/c1-9-34(40)48-25-21-44-19-23-46-28(3)50-38(5,6)36(42)32-15-11-30(12-16-32)27-31-13-17-33(18-14-31)37(43)39(7,8)51-29(4)47-24-20-45-22-26-49-35(41)10-2;1-20(2,24)18(22)16-9-5-14(6-10-16)13-15-7-11-17(12-8-15)19(23)21(3,4)25;1-3-9(10)13-8-7-12-6-5-11-4-2;3-2(4,5)1(6)7/h9-18,28-29H,1-2,19-27H2,3-8H3;5-12,24-25H,13H2,1-4H3;3-4H,1-2,5-8H2;(H,6,7). The molecule has 22 nitrogen and oxygen atoms in total. The zero-order chi connectivity index (χ0) is 72.7. The summed E-state index contributed by atoms with van der Waals surface area (Å²) in [4.78, 5) is 92.0. The minimum absolute atomic E-state index is 0.121. The van der Waals surface area contributed by atoms with Gasteiger partial charge in [0, 0.05) is 40.5 Å². The van der Waals surface area contributed by atoms with Gasteiger partial charge in [-0.15, -0.1) is 0 Å². The van der Waals surface area contributed by atoms with Crippen molar-refractivity contribution in [3.05, 3.63) is 192 Å². The second kappa shape index (κ2) is 43.7. The summed E-state index contributed by atoms with van der Waals surface area (Å²) in [6.07, 6.45) is -0.500. The number of alkyl halides is 3. The second-order valence-corrected chi connectivity index (χ2v) is 22.5. The molecule has 96 heavy (non-hydrogen) atoms. The highest BCUT2D eigenvalue weighted by molar-refractivity contribution is 6.03. The van der Waals surface area contributed by atoms with Crippen LogP contribution in [0.3, 0.4) is 0 Å². The molecule has 25 heteroatoms. The van der Waals surface area contributed by atoms with Crippen molar-refractivity contribution in [2.75, 3.05) is 79.3 Å². The summed E-state index contributed by atoms with van der Waals surface area (Å²) >= 11 is 0. The molecule has 0 spiro atoms. The number of carboxylic acid groups (broad SMARTS) is 1. The van der Waals surface area contributed by atoms with Crippen molar-refractivity contribution in [2.45, 2.75) is 123 Å². The molecule has 0 aliphatic rings. The summed E-state index contributed by atoms with van der Waals surface area (Å²) in [6, 6.07) is 28.9. The average molecular weight is 1350 g/mol. The number of halogens is 3. The lowest BCUT2D eigenvalue weighted by Crippen LogP contribution is -2.39. The number of carbonyl (C=O) groups excluding carboxylic acids is 7. The van der Waals surface area contributed by atoms with Crippen LogP contribution in [0.5, 0.6) is 0 Å². The number of Topliss-reactive ketones (excluding diaryl/α,β-unsaturated/α-hetero) is 4. The minimum Gasteiger partial charge on any atom is -0.499 e. The molecule has 0 aliphatic heterocycles. The van der Waals surface area contributed by atoms with Gasteiger partial charge in [0.15, 0.2) is 35.7 Å². The summed E-state index contributed by atoms with van der Waals surface area (Å²) in [5.41, 5.74) is 0.963. The van der Waals surface area contributed by atoms with Gasteiger partial charge in [-0.3, -0.25) is 19.2 Å².